The summed E-state index contributed by atoms with van der Waals surface area (Å²) in [7, 11) is 0. The number of halogens is 1. The maximum Gasteiger partial charge on any atom is 0.407 e. The number of nitrogens with one attached hydrogen (secondary N) is 1. The molecule has 31 heavy (non-hydrogen) atoms. The van der Waals surface area contributed by atoms with Crippen molar-refractivity contribution in [1.29, 1.82) is 0 Å². The molecular weight excluding hydrogens is 430 g/mol. The zero-order chi connectivity index (χ0) is 22.8. The third-order valence-electron chi connectivity index (χ3n) is 3.87. The zero-order valence-electron chi connectivity index (χ0n) is 18.9. The van der Waals surface area contributed by atoms with Crippen LogP contribution in [0.1, 0.15) is 45.4 Å². The summed E-state index contributed by atoms with van der Waals surface area (Å²) < 4.78 is 31.3. The summed E-state index contributed by atoms with van der Waals surface area (Å²) in [5.41, 5.74) is 0. The molecule has 0 atom stereocenters. The summed E-state index contributed by atoms with van der Waals surface area (Å²) in [6.07, 6.45) is 4.85. The van der Waals surface area contributed by atoms with Gasteiger partial charge in [0.2, 0.25) is 0 Å². The van der Waals surface area contributed by atoms with E-state index >= 15 is 0 Å². The third-order valence-corrected chi connectivity index (χ3v) is 4.14. The van der Waals surface area contributed by atoms with Crippen LogP contribution < -0.4 is 5.32 Å². The van der Waals surface area contributed by atoms with Crippen LogP contribution in [0.15, 0.2) is 0 Å². The maximum atomic E-state index is 11.5. The second-order valence-electron chi connectivity index (χ2n) is 6.52. The number of hydrogen-bond donors (Lipinski definition) is 1. The fourth-order valence-corrected chi connectivity index (χ4v) is 2.51. The number of carbonyl (C=O) groups excluding carboxylic acids is 2. The second-order valence-corrected chi connectivity index (χ2v) is 6.90. The number of esters is 1. The van der Waals surface area contributed by atoms with Crippen molar-refractivity contribution in [2.75, 3.05) is 78.5 Å². The number of alkyl carbamates (subject to hydrolysis) is 1. The zero-order valence-corrected chi connectivity index (χ0v) is 19.6. The maximum absolute atomic E-state index is 11.5. The van der Waals surface area contributed by atoms with E-state index in [1.165, 1.54) is 0 Å². The summed E-state index contributed by atoms with van der Waals surface area (Å²) in [4.78, 5) is 22.6. The molecule has 0 radical (unpaired) electrons. The molecule has 0 aromatic heterocycles. The van der Waals surface area contributed by atoms with E-state index in [-0.39, 0.29) is 12.6 Å². The number of ether oxygens (including phenoxy) is 6. The normalized spacial score (nSPS) is 10.8. The Morgan fingerprint density at radius 1 is 0.677 bits per heavy atom. The van der Waals surface area contributed by atoms with E-state index in [1.54, 1.807) is 6.92 Å². The Kier molecular flexibility index (Phi) is 24.2. The molecule has 0 rings (SSSR count). The summed E-state index contributed by atoms with van der Waals surface area (Å²) in [6.45, 7) is 6.47. The smallest absolute Gasteiger partial charge is 0.407 e. The van der Waals surface area contributed by atoms with E-state index in [1.807, 2.05) is 0 Å². The lowest BCUT2D eigenvalue weighted by Crippen LogP contribution is -2.29. The molecule has 0 aromatic carbocycles. The fourth-order valence-electron chi connectivity index (χ4n) is 2.32. The van der Waals surface area contributed by atoms with Gasteiger partial charge in [-0.25, -0.2) is 4.79 Å². The molecule has 0 fully saturated rings. The average molecular weight is 470 g/mol. The first-order chi connectivity index (χ1) is 15.2. The molecular formula is C21H40ClNO8. The van der Waals surface area contributed by atoms with Gasteiger partial charge < -0.3 is 33.7 Å². The number of hydrogen-bond acceptors (Lipinski definition) is 8. The number of amides is 1. The van der Waals surface area contributed by atoms with E-state index in [2.05, 4.69) is 5.32 Å². The van der Waals surface area contributed by atoms with Gasteiger partial charge >= 0.3 is 12.1 Å². The molecule has 0 saturated heterocycles. The Balaban J connectivity index is 3.19. The highest BCUT2D eigenvalue weighted by molar-refractivity contribution is 6.17. The molecule has 0 aromatic rings. The Bertz CT molecular complexity index is 415. The molecule has 1 N–H and O–H groups in total. The fraction of sp³-hybridized carbons (Fsp3) is 0.905. The van der Waals surface area contributed by atoms with Gasteiger partial charge in [0.15, 0.2) is 0 Å². The summed E-state index contributed by atoms with van der Waals surface area (Å²) in [5.74, 6) is 0.514. The van der Waals surface area contributed by atoms with Gasteiger partial charge in [0, 0.05) is 32.1 Å². The Morgan fingerprint density at radius 2 is 1.26 bits per heavy atom. The molecule has 0 bridgehead atoms. The minimum Gasteiger partial charge on any atom is -0.466 e. The van der Waals surface area contributed by atoms with Crippen LogP contribution >= 0.6 is 11.6 Å². The Hall–Kier alpha value is -1.13. The van der Waals surface area contributed by atoms with Crippen LogP contribution in [0, 0.1) is 0 Å². The van der Waals surface area contributed by atoms with Crippen LogP contribution in [-0.4, -0.2) is 90.6 Å². The van der Waals surface area contributed by atoms with Gasteiger partial charge in [-0.15, -0.1) is 11.6 Å². The topological polar surface area (TPSA) is 102 Å². The van der Waals surface area contributed by atoms with E-state index in [0.717, 1.165) is 38.2 Å². The van der Waals surface area contributed by atoms with Crippen molar-refractivity contribution in [2.45, 2.75) is 45.4 Å². The van der Waals surface area contributed by atoms with Gasteiger partial charge in [-0.2, -0.15) is 0 Å². The van der Waals surface area contributed by atoms with Crippen molar-refractivity contribution in [3.05, 3.63) is 0 Å². The molecule has 0 heterocycles. The van der Waals surface area contributed by atoms with Gasteiger partial charge in [0.1, 0.15) is 6.61 Å². The highest BCUT2D eigenvalue weighted by Gasteiger charge is 2.02. The first-order valence-corrected chi connectivity index (χ1v) is 11.7. The van der Waals surface area contributed by atoms with Crippen molar-refractivity contribution in [3.63, 3.8) is 0 Å². The molecule has 0 saturated carbocycles. The molecule has 184 valence electrons. The van der Waals surface area contributed by atoms with Crippen molar-refractivity contribution >= 4 is 23.7 Å². The molecule has 9 nitrogen and oxygen atoms in total. The van der Waals surface area contributed by atoms with Crippen LogP contribution in [0.5, 0.6) is 0 Å². The lowest BCUT2D eigenvalue weighted by Gasteiger charge is -2.09. The van der Waals surface area contributed by atoms with Crippen molar-refractivity contribution in [1.82, 2.24) is 5.32 Å². The Labute approximate surface area is 191 Å². The van der Waals surface area contributed by atoms with E-state index < -0.39 is 6.09 Å². The first-order valence-electron chi connectivity index (χ1n) is 11.1. The third kappa shape index (κ3) is 25.0. The van der Waals surface area contributed by atoms with Crippen LogP contribution in [0.4, 0.5) is 4.79 Å². The van der Waals surface area contributed by atoms with Crippen LogP contribution in [-0.2, 0) is 33.2 Å². The summed E-state index contributed by atoms with van der Waals surface area (Å²) in [5, 5.41) is 2.60. The molecule has 1 amide bonds. The first kappa shape index (κ1) is 29.9. The highest BCUT2D eigenvalue weighted by atomic mass is 35.5. The van der Waals surface area contributed by atoms with Crippen molar-refractivity contribution in [3.8, 4) is 0 Å². The molecule has 0 aliphatic rings. The largest absolute Gasteiger partial charge is 0.466 e. The molecule has 0 unspecified atom stereocenters. The number of carbonyl (C=O) groups is 2. The van der Waals surface area contributed by atoms with Gasteiger partial charge in [-0.1, -0.05) is 12.8 Å². The van der Waals surface area contributed by atoms with Gasteiger partial charge in [-0.05, 0) is 26.2 Å². The average Bonchev–Trinajstić information content (AvgIpc) is 2.76. The van der Waals surface area contributed by atoms with Crippen molar-refractivity contribution in [2.24, 2.45) is 0 Å². The van der Waals surface area contributed by atoms with Gasteiger partial charge in [0.05, 0.1) is 46.2 Å². The Morgan fingerprint density at radius 3 is 1.94 bits per heavy atom. The van der Waals surface area contributed by atoms with Crippen LogP contribution in [0.3, 0.4) is 0 Å². The van der Waals surface area contributed by atoms with Gasteiger partial charge in [0.25, 0.3) is 0 Å². The SMILES string of the molecule is CCOC(=O)CCCOCCOCCOC(=O)NCCOCCOCCCCCCCl. The molecule has 0 spiro atoms. The number of alkyl halides is 1. The van der Waals surface area contributed by atoms with Gasteiger partial charge in [-0.3, -0.25) is 4.79 Å². The lowest BCUT2D eigenvalue weighted by atomic mass is 10.2. The minimum absolute atomic E-state index is 0.161. The number of unbranched alkanes of at least 4 members (excludes halogenated alkanes) is 3. The molecule has 10 heteroatoms. The standard InChI is InChI=1S/C21H40ClNO8/c1-2-30-20(24)8-7-12-27-15-17-29-18-19-31-21(25)23-10-13-28-16-14-26-11-6-4-3-5-9-22/h2-19H2,1H3,(H,23,25). The predicted octanol–water partition coefficient (Wildman–Crippen LogP) is 2.92. The second kappa shape index (κ2) is 25.1. The summed E-state index contributed by atoms with van der Waals surface area (Å²) in [6, 6.07) is 0. The monoisotopic (exact) mass is 469 g/mol. The van der Waals surface area contributed by atoms with Crippen molar-refractivity contribution < 1.29 is 38.0 Å². The van der Waals surface area contributed by atoms with E-state index in [9.17, 15) is 9.59 Å². The van der Waals surface area contributed by atoms with E-state index in [4.69, 9.17) is 40.0 Å². The van der Waals surface area contributed by atoms with Crippen LogP contribution in [0.25, 0.3) is 0 Å². The summed E-state index contributed by atoms with van der Waals surface area (Å²) >= 11 is 5.62. The van der Waals surface area contributed by atoms with Crippen LogP contribution in [0.2, 0.25) is 0 Å². The molecule has 0 aliphatic heterocycles. The lowest BCUT2D eigenvalue weighted by molar-refractivity contribution is -0.143. The minimum atomic E-state index is -0.504. The van der Waals surface area contributed by atoms with E-state index in [0.29, 0.717) is 72.2 Å². The predicted molar refractivity (Wildman–Crippen MR) is 118 cm³/mol. The quantitative estimate of drug-likeness (QED) is 0.138. The number of rotatable bonds is 23. The highest BCUT2D eigenvalue weighted by Crippen LogP contribution is 2.01. The molecule has 0 aliphatic carbocycles.